The third kappa shape index (κ3) is 5.09. The maximum atomic E-state index is 6.08. The molecule has 24 heavy (non-hydrogen) atoms. The Bertz CT molecular complexity index is 528. The second kappa shape index (κ2) is 8.33. The Balaban J connectivity index is 1.85. The fourth-order valence-electron chi connectivity index (χ4n) is 2.98. The van der Waals surface area contributed by atoms with Crippen molar-refractivity contribution < 1.29 is 4.74 Å². The molecule has 1 saturated carbocycles. The van der Waals surface area contributed by atoms with Crippen molar-refractivity contribution in [2.75, 3.05) is 20.7 Å². The molecule has 0 aromatic heterocycles. The van der Waals surface area contributed by atoms with Gasteiger partial charge in [0.1, 0.15) is 0 Å². The van der Waals surface area contributed by atoms with Crippen molar-refractivity contribution >= 4 is 11.9 Å². The van der Waals surface area contributed by atoms with Gasteiger partial charge in [0.15, 0.2) is 11.6 Å². The number of hydrogen-bond acceptors (Lipinski definition) is 6. The number of nitrogens with zero attached hydrogens (tertiary/aromatic N) is 3. The van der Waals surface area contributed by atoms with Crippen LogP contribution < -0.4 is 11.1 Å². The molecule has 1 aliphatic heterocycles. The molecule has 2 rings (SSSR count). The zero-order valence-electron chi connectivity index (χ0n) is 15.3. The summed E-state index contributed by atoms with van der Waals surface area (Å²) in [7, 11) is 3.91. The Kier molecular flexibility index (Phi) is 6.43. The van der Waals surface area contributed by atoms with Crippen molar-refractivity contribution in [1.29, 1.82) is 0 Å². The summed E-state index contributed by atoms with van der Waals surface area (Å²) in [5, 5.41) is 3.02. The molecule has 0 aromatic carbocycles. The van der Waals surface area contributed by atoms with Gasteiger partial charge < -0.3 is 15.4 Å². The number of nitrogens with one attached hydrogen (secondary N) is 1. The normalized spacial score (nSPS) is 28.8. The van der Waals surface area contributed by atoms with Crippen LogP contribution in [-0.4, -0.2) is 49.3 Å². The lowest BCUT2D eigenvalue weighted by Gasteiger charge is -2.38. The van der Waals surface area contributed by atoms with Crippen molar-refractivity contribution in [1.82, 2.24) is 10.2 Å². The maximum Gasteiger partial charge on any atom is 0.202 e. The molecule has 1 aliphatic carbocycles. The lowest BCUT2D eigenvalue weighted by Crippen LogP contribution is -2.52. The Morgan fingerprint density at radius 2 is 2.04 bits per heavy atom. The highest BCUT2D eigenvalue weighted by Crippen LogP contribution is 2.35. The number of ether oxygens (including phenoxy) is 1. The Hall–Kier alpha value is -1.82. The maximum absolute atomic E-state index is 6.08. The van der Waals surface area contributed by atoms with Gasteiger partial charge in [-0.2, -0.15) is 0 Å². The highest BCUT2D eigenvalue weighted by molar-refractivity contribution is 5.99. The van der Waals surface area contributed by atoms with E-state index in [-0.39, 0.29) is 6.10 Å². The van der Waals surface area contributed by atoms with Crippen molar-refractivity contribution in [3.05, 3.63) is 24.3 Å². The van der Waals surface area contributed by atoms with E-state index in [1.165, 1.54) is 0 Å². The third-order valence-corrected chi connectivity index (χ3v) is 4.38. The summed E-state index contributed by atoms with van der Waals surface area (Å²) in [5.74, 6) is 1.66. The summed E-state index contributed by atoms with van der Waals surface area (Å²) >= 11 is 0. The van der Waals surface area contributed by atoms with Crippen LogP contribution in [0.5, 0.6) is 0 Å². The van der Waals surface area contributed by atoms with Gasteiger partial charge in [0, 0.05) is 14.1 Å². The van der Waals surface area contributed by atoms with Gasteiger partial charge in [-0.25, -0.2) is 9.98 Å². The molecular weight excluding hydrogens is 302 g/mol. The first kappa shape index (κ1) is 18.5. The summed E-state index contributed by atoms with van der Waals surface area (Å²) in [6, 6.07) is 0. The number of aliphatic imine (C=N–C) groups is 2. The van der Waals surface area contributed by atoms with E-state index < -0.39 is 5.66 Å². The minimum absolute atomic E-state index is 0.289. The van der Waals surface area contributed by atoms with Gasteiger partial charge in [0.05, 0.1) is 12.7 Å². The lowest BCUT2D eigenvalue weighted by molar-refractivity contribution is 0.00493. The van der Waals surface area contributed by atoms with Crippen LogP contribution in [0.3, 0.4) is 0 Å². The molecule has 3 N–H and O–H groups in total. The molecule has 0 radical (unpaired) electrons. The summed E-state index contributed by atoms with van der Waals surface area (Å²) in [5.41, 5.74) is 5.54. The molecule has 1 unspecified atom stereocenters. The minimum atomic E-state index is -0.410. The molecule has 1 atom stereocenters. The monoisotopic (exact) mass is 333 g/mol. The van der Waals surface area contributed by atoms with Gasteiger partial charge >= 0.3 is 0 Å². The predicted molar refractivity (Wildman–Crippen MR) is 99.9 cm³/mol. The number of nitrogens with two attached hydrogens (primary N) is 1. The molecule has 2 aliphatic rings. The van der Waals surface area contributed by atoms with Crippen LogP contribution in [-0.2, 0) is 4.74 Å². The van der Waals surface area contributed by atoms with E-state index in [0.717, 1.165) is 38.2 Å². The van der Waals surface area contributed by atoms with Crippen LogP contribution in [0.25, 0.3) is 0 Å². The number of allylic oxidation sites excluding steroid dienone is 3. The van der Waals surface area contributed by atoms with E-state index in [1.807, 2.05) is 38.1 Å². The van der Waals surface area contributed by atoms with Crippen LogP contribution >= 0.6 is 0 Å². The fourth-order valence-corrected chi connectivity index (χ4v) is 2.98. The molecular formula is C18H31N5O. The number of guanidine groups is 2. The first-order chi connectivity index (χ1) is 11.4. The van der Waals surface area contributed by atoms with Crippen molar-refractivity contribution in [2.45, 2.75) is 51.3 Å². The molecule has 1 spiro atoms. The summed E-state index contributed by atoms with van der Waals surface area (Å²) in [4.78, 5) is 11.3. The molecule has 1 fully saturated rings. The number of hydrogen-bond donors (Lipinski definition) is 2. The summed E-state index contributed by atoms with van der Waals surface area (Å²) in [6.07, 6.45) is 12.3. The fraction of sp³-hybridized carbons (Fsp3) is 0.667. The van der Waals surface area contributed by atoms with E-state index in [4.69, 9.17) is 15.5 Å². The number of rotatable bonds is 5. The average Bonchev–Trinajstić information content (AvgIpc) is 2.54. The standard InChI is InChI=1S/C18H31N5O/c1-5-6-7-8-14(2)13-24-15-9-11-18(12-10-15)21-16(19)20-17(22-18)23(3)4/h5-8,14-15H,9-13H2,1-4H3,(H3,19,20,21,22)/b6-5-,8-7-. The molecule has 0 saturated heterocycles. The second-order valence-corrected chi connectivity index (χ2v) is 6.85. The first-order valence-electron chi connectivity index (χ1n) is 8.75. The van der Waals surface area contributed by atoms with Crippen molar-refractivity contribution in [3.8, 4) is 0 Å². The third-order valence-electron chi connectivity index (χ3n) is 4.38. The van der Waals surface area contributed by atoms with Crippen molar-refractivity contribution in [2.24, 2.45) is 21.6 Å². The van der Waals surface area contributed by atoms with Crippen molar-refractivity contribution in [3.63, 3.8) is 0 Å². The SMILES string of the molecule is C/C=C\C=C/C(C)COC1CCC2(CC1)N=C(N)NC(N(C)C)=N2. The summed E-state index contributed by atoms with van der Waals surface area (Å²) in [6.45, 7) is 4.95. The Morgan fingerprint density at radius 1 is 1.33 bits per heavy atom. The Labute approximate surface area is 145 Å². The van der Waals surface area contributed by atoms with Gasteiger partial charge in [0.2, 0.25) is 5.96 Å². The first-order valence-corrected chi connectivity index (χ1v) is 8.75. The molecule has 1 heterocycles. The molecule has 0 aromatic rings. The Morgan fingerprint density at radius 3 is 2.67 bits per heavy atom. The van der Waals surface area contributed by atoms with Gasteiger partial charge in [-0.05, 0) is 38.5 Å². The van der Waals surface area contributed by atoms with Crippen LogP contribution in [0.1, 0.15) is 39.5 Å². The largest absolute Gasteiger partial charge is 0.378 e. The quantitative estimate of drug-likeness (QED) is 0.757. The zero-order chi connectivity index (χ0) is 17.6. The van der Waals surface area contributed by atoms with Gasteiger partial charge in [-0.15, -0.1) is 0 Å². The van der Waals surface area contributed by atoms with Crippen LogP contribution in [0, 0.1) is 5.92 Å². The smallest absolute Gasteiger partial charge is 0.202 e. The summed E-state index contributed by atoms with van der Waals surface area (Å²) < 4.78 is 6.08. The average molecular weight is 333 g/mol. The van der Waals surface area contributed by atoms with E-state index in [2.05, 4.69) is 29.4 Å². The molecule has 0 bridgehead atoms. The second-order valence-electron chi connectivity index (χ2n) is 6.85. The highest BCUT2D eigenvalue weighted by Gasteiger charge is 2.38. The van der Waals surface area contributed by atoms with E-state index >= 15 is 0 Å². The van der Waals surface area contributed by atoms with Gasteiger partial charge in [-0.1, -0.05) is 31.2 Å². The molecule has 6 nitrogen and oxygen atoms in total. The molecule has 0 amide bonds. The van der Waals surface area contributed by atoms with E-state index in [0.29, 0.717) is 11.9 Å². The lowest BCUT2D eigenvalue weighted by atomic mass is 9.87. The van der Waals surface area contributed by atoms with Gasteiger partial charge in [-0.3, -0.25) is 5.32 Å². The predicted octanol–water partition coefficient (Wildman–Crippen LogP) is 2.25. The molecule has 134 valence electrons. The van der Waals surface area contributed by atoms with Crippen LogP contribution in [0.15, 0.2) is 34.3 Å². The van der Waals surface area contributed by atoms with Crippen LogP contribution in [0.2, 0.25) is 0 Å². The van der Waals surface area contributed by atoms with E-state index in [1.54, 1.807) is 0 Å². The topological polar surface area (TPSA) is 75.2 Å². The van der Waals surface area contributed by atoms with Crippen LogP contribution in [0.4, 0.5) is 0 Å². The highest BCUT2D eigenvalue weighted by atomic mass is 16.5. The molecule has 6 heteroatoms. The minimum Gasteiger partial charge on any atom is -0.378 e. The zero-order valence-corrected chi connectivity index (χ0v) is 15.3. The van der Waals surface area contributed by atoms with Gasteiger partial charge in [0.25, 0.3) is 0 Å². The van der Waals surface area contributed by atoms with E-state index in [9.17, 15) is 0 Å².